The van der Waals surface area contributed by atoms with Crippen LogP contribution in [0.5, 0.6) is 11.5 Å². The molecule has 0 spiro atoms. The van der Waals surface area contributed by atoms with Gasteiger partial charge in [-0.3, -0.25) is 14.5 Å². The molecule has 0 saturated carbocycles. The number of benzene rings is 3. The predicted molar refractivity (Wildman–Crippen MR) is 145 cm³/mol. The molecule has 1 N–H and O–H groups in total. The van der Waals surface area contributed by atoms with Crippen LogP contribution in [0.15, 0.2) is 72.3 Å². The first-order chi connectivity index (χ1) is 17.6. The number of methoxy groups -OCH3 is 1. The summed E-state index contributed by atoms with van der Waals surface area (Å²) in [5.74, 6) is -0.461. The monoisotopic (exact) mass is 499 g/mol. The highest BCUT2D eigenvalue weighted by Gasteiger charge is 2.48. The minimum Gasteiger partial charge on any atom is -0.507 e. The van der Waals surface area contributed by atoms with Gasteiger partial charge in [0.05, 0.1) is 25.3 Å². The number of nitrogens with zero attached hydrogens (tertiary/aromatic N) is 1. The molecule has 1 atom stereocenters. The average Bonchev–Trinajstić information content (AvgIpc) is 3.13. The van der Waals surface area contributed by atoms with Gasteiger partial charge < -0.3 is 14.6 Å². The summed E-state index contributed by atoms with van der Waals surface area (Å²) in [6, 6.07) is 19.1. The SMILES string of the molecule is CCOc1ccc(/C(O)=C2\C(=O)C(=O)N(c3cccc(C)c3)C2c2ccccc2OC)cc1C(C)(C)C. The number of ketones is 1. The first kappa shape index (κ1) is 26.0. The third-order valence-electron chi connectivity index (χ3n) is 6.52. The molecule has 1 aliphatic heterocycles. The van der Waals surface area contributed by atoms with Crippen molar-refractivity contribution in [1.29, 1.82) is 0 Å². The Balaban J connectivity index is 1.99. The standard InChI is InChI=1S/C31H33NO5/c1-7-37-25-16-15-20(18-23(25)31(3,4)5)28(33)26-27(22-13-8-9-14-24(22)36-6)32(30(35)29(26)34)21-12-10-11-19(2)17-21/h8-18,27,33H,7H2,1-6H3/b28-26+. The van der Waals surface area contributed by atoms with E-state index in [0.29, 0.717) is 34.9 Å². The molecule has 6 heteroatoms. The molecule has 192 valence electrons. The van der Waals surface area contributed by atoms with Crippen LogP contribution in [0.1, 0.15) is 56.0 Å². The Hall–Kier alpha value is -4.06. The van der Waals surface area contributed by atoms with Gasteiger partial charge in [0.2, 0.25) is 0 Å². The maximum absolute atomic E-state index is 13.5. The minimum absolute atomic E-state index is 0.0139. The van der Waals surface area contributed by atoms with E-state index in [4.69, 9.17) is 9.47 Å². The highest BCUT2D eigenvalue weighted by Crippen LogP contribution is 2.45. The molecule has 4 rings (SSSR count). The Morgan fingerprint density at radius 1 is 0.973 bits per heavy atom. The Labute approximate surface area is 218 Å². The second kappa shape index (κ2) is 10.1. The van der Waals surface area contributed by atoms with Gasteiger partial charge in [-0.05, 0) is 61.2 Å². The van der Waals surface area contributed by atoms with E-state index in [9.17, 15) is 14.7 Å². The van der Waals surface area contributed by atoms with Crippen LogP contribution in [0.2, 0.25) is 0 Å². The van der Waals surface area contributed by atoms with E-state index >= 15 is 0 Å². The van der Waals surface area contributed by atoms with E-state index in [1.54, 1.807) is 31.4 Å². The molecule has 0 aromatic heterocycles. The third kappa shape index (κ3) is 4.84. The summed E-state index contributed by atoms with van der Waals surface area (Å²) in [4.78, 5) is 28.5. The summed E-state index contributed by atoms with van der Waals surface area (Å²) in [5.41, 5.74) is 3.18. The van der Waals surface area contributed by atoms with E-state index in [2.05, 4.69) is 20.8 Å². The Morgan fingerprint density at radius 3 is 2.35 bits per heavy atom. The summed E-state index contributed by atoms with van der Waals surface area (Å²) >= 11 is 0. The van der Waals surface area contributed by atoms with Crippen molar-refractivity contribution in [3.8, 4) is 11.5 Å². The maximum Gasteiger partial charge on any atom is 0.300 e. The van der Waals surface area contributed by atoms with Gasteiger partial charge in [-0.25, -0.2) is 0 Å². The van der Waals surface area contributed by atoms with Crippen LogP contribution in [0, 0.1) is 6.92 Å². The number of Topliss-reactive ketones (excluding diaryl/α,β-unsaturated/α-hetero) is 1. The second-order valence-electron chi connectivity index (χ2n) is 10.1. The fraction of sp³-hybridized carbons (Fsp3) is 0.290. The number of carbonyl (C=O) groups excluding carboxylic acids is 2. The number of rotatable bonds is 6. The molecule has 1 fully saturated rings. The van der Waals surface area contributed by atoms with Gasteiger partial charge in [0.1, 0.15) is 17.3 Å². The van der Waals surface area contributed by atoms with Crippen molar-refractivity contribution >= 4 is 23.1 Å². The molecular formula is C31H33NO5. The van der Waals surface area contributed by atoms with Crippen LogP contribution < -0.4 is 14.4 Å². The quantitative estimate of drug-likeness (QED) is 0.244. The number of hydrogen-bond donors (Lipinski definition) is 1. The fourth-order valence-corrected chi connectivity index (χ4v) is 4.76. The largest absolute Gasteiger partial charge is 0.507 e. The molecule has 0 aliphatic carbocycles. The van der Waals surface area contributed by atoms with Crippen LogP contribution in [0.4, 0.5) is 5.69 Å². The van der Waals surface area contributed by atoms with Gasteiger partial charge in [-0.15, -0.1) is 0 Å². The zero-order chi connectivity index (χ0) is 26.9. The molecule has 1 heterocycles. The molecular weight excluding hydrogens is 466 g/mol. The summed E-state index contributed by atoms with van der Waals surface area (Å²) in [6.07, 6.45) is 0. The van der Waals surface area contributed by atoms with Crippen molar-refractivity contribution in [3.63, 3.8) is 0 Å². The molecule has 0 radical (unpaired) electrons. The van der Waals surface area contributed by atoms with Crippen molar-refractivity contribution in [1.82, 2.24) is 0 Å². The van der Waals surface area contributed by atoms with Gasteiger partial charge in [0.15, 0.2) is 0 Å². The van der Waals surface area contributed by atoms with Crippen molar-refractivity contribution in [2.75, 3.05) is 18.6 Å². The zero-order valence-electron chi connectivity index (χ0n) is 22.2. The first-order valence-corrected chi connectivity index (χ1v) is 12.4. The van der Waals surface area contributed by atoms with E-state index in [0.717, 1.165) is 11.1 Å². The number of anilines is 1. The zero-order valence-corrected chi connectivity index (χ0v) is 22.2. The molecule has 3 aromatic rings. The van der Waals surface area contributed by atoms with Gasteiger partial charge in [-0.2, -0.15) is 0 Å². The van der Waals surface area contributed by atoms with Crippen molar-refractivity contribution in [2.24, 2.45) is 0 Å². The van der Waals surface area contributed by atoms with Gasteiger partial charge in [0.25, 0.3) is 11.7 Å². The normalized spacial score (nSPS) is 17.2. The molecule has 1 saturated heterocycles. The number of carbonyl (C=O) groups is 2. The molecule has 1 aliphatic rings. The molecule has 1 amide bonds. The molecule has 3 aromatic carbocycles. The number of aryl methyl sites for hydroxylation is 1. The van der Waals surface area contributed by atoms with Crippen LogP contribution in [-0.4, -0.2) is 30.5 Å². The summed E-state index contributed by atoms with van der Waals surface area (Å²) in [7, 11) is 1.54. The predicted octanol–water partition coefficient (Wildman–Crippen LogP) is 6.33. The average molecular weight is 500 g/mol. The Morgan fingerprint density at radius 2 is 1.70 bits per heavy atom. The van der Waals surface area contributed by atoms with E-state index in [1.165, 1.54) is 4.90 Å². The summed E-state index contributed by atoms with van der Waals surface area (Å²) in [5, 5.41) is 11.6. The first-order valence-electron chi connectivity index (χ1n) is 12.4. The molecule has 6 nitrogen and oxygen atoms in total. The van der Waals surface area contributed by atoms with Gasteiger partial charge >= 0.3 is 0 Å². The molecule has 37 heavy (non-hydrogen) atoms. The fourth-order valence-electron chi connectivity index (χ4n) is 4.76. The smallest absolute Gasteiger partial charge is 0.300 e. The summed E-state index contributed by atoms with van der Waals surface area (Å²) < 4.78 is 11.4. The number of hydrogen-bond acceptors (Lipinski definition) is 5. The van der Waals surface area contributed by atoms with Crippen LogP contribution in [0.25, 0.3) is 5.76 Å². The van der Waals surface area contributed by atoms with Gasteiger partial charge in [-0.1, -0.05) is 51.1 Å². The number of para-hydroxylation sites is 1. The van der Waals surface area contributed by atoms with Crippen molar-refractivity contribution in [3.05, 3.63) is 94.6 Å². The van der Waals surface area contributed by atoms with Gasteiger partial charge in [0, 0.05) is 22.4 Å². The lowest BCUT2D eigenvalue weighted by Gasteiger charge is -2.27. The number of aliphatic hydroxyl groups is 1. The molecule has 0 bridgehead atoms. The van der Waals surface area contributed by atoms with Crippen LogP contribution >= 0.6 is 0 Å². The van der Waals surface area contributed by atoms with Crippen LogP contribution in [0.3, 0.4) is 0 Å². The van der Waals surface area contributed by atoms with E-state index in [1.807, 2.05) is 56.3 Å². The Kier molecular flexibility index (Phi) is 7.12. The lowest BCUT2D eigenvalue weighted by atomic mass is 9.84. The third-order valence-corrected chi connectivity index (χ3v) is 6.52. The lowest BCUT2D eigenvalue weighted by molar-refractivity contribution is -0.132. The van der Waals surface area contributed by atoms with Crippen molar-refractivity contribution in [2.45, 2.75) is 46.1 Å². The summed E-state index contributed by atoms with van der Waals surface area (Å²) in [6.45, 7) is 10.5. The number of amides is 1. The topological polar surface area (TPSA) is 76.1 Å². The lowest BCUT2D eigenvalue weighted by Crippen LogP contribution is -2.29. The number of ether oxygens (including phenoxy) is 2. The number of aliphatic hydroxyl groups excluding tert-OH is 1. The van der Waals surface area contributed by atoms with Crippen molar-refractivity contribution < 1.29 is 24.2 Å². The Bertz CT molecular complexity index is 1380. The van der Waals surface area contributed by atoms with Crippen LogP contribution in [-0.2, 0) is 15.0 Å². The highest BCUT2D eigenvalue weighted by atomic mass is 16.5. The minimum atomic E-state index is -0.873. The van der Waals surface area contributed by atoms with E-state index < -0.39 is 17.7 Å². The second-order valence-corrected chi connectivity index (χ2v) is 10.1. The highest BCUT2D eigenvalue weighted by molar-refractivity contribution is 6.51. The maximum atomic E-state index is 13.5. The molecule has 1 unspecified atom stereocenters. The van der Waals surface area contributed by atoms with E-state index in [-0.39, 0.29) is 16.7 Å².